The number of nitrogens with zero attached hydrogens (tertiary/aromatic N) is 1. The number of benzene rings is 2. The second kappa shape index (κ2) is 10.7. The summed E-state index contributed by atoms with van der Waals surface area (Å²) < 4.78 is 10.9. The van der Waals surface area contributed by atoms with Crippen LogP contribution in [0.3, 0.4) is 0 Å². The molecule has 0 bridgehead atoms. The van der Waals surface area contributed by atoms with Crippen LogP contribution in [-0.2, 0) is 6.54 Å². The number of carbonyl (C=O) groups excluding carboxylic acids is 1. The van der Waals surface area contributed by atoms with E-state index in [9.17, 15) is 4.79 Å². The molecule has 0 spiro atoms. The number of rotatable bonds is 8. The highest BCUT2D eigenvalue weighted by molar-refractivity contribution is 5.73. The number of amides is 2. The van der Waals surface area contributed by atoms with Gasteiger partial charge in [0.15, 0.2) is 11.5 Å². The Morgan fingerprint density at radius 2 is 1.69 bits per heavy atom. The van der Waals surface area contributed by atoms with Crippen molar-refractivity contribution in [2.75, 3.05) is 33.9 Å². The molecule has 0 aliphatic carbocycles. The summed E-state index contributed by atoms with van der Waals surface area (Å²) in [6, 6.07) is 15.9. The lowest BCUT2D eigenvalue weighted by Crippen LogP contribution is -2.43. The van der Waals surface area contributed by atoms with Crippen molar-refractivity contribution < 1.29 is 14.3 Å². The van der Waals surface area contributed by atoms with Gasteiger partial charge in [0.2, 0.25) is 0 Å². The van der Waals surface area contributed by atoms with Gasteiger partial charge in [-0.1, -0.05) is 42.8 Å². The molecule has 156 valence electrons. The summed E-state index contributed by atoms with van der Waals surface area (Å²) in [7, 11) is 3.28. The van der Waals surface area contributed by atoms with E-state index in [1.807, 2.05) is 42.5 Å². The van der Waals surface area contributed by atoms with Crippen LogP contribution < -0.4 is 20.1 Å². The van der Waals surface area contributed by atoms with Gasteiger partial charge >= 0.3 is 6.03 Å². The second-order valence-corrected chi connectivity index (χ2v) is 7.28. The normalized spacial score (nSPS) is 15.4. The van der Waals surface area contributed by atoms with Crippen molar-refractivity contribution >= 4 is 6.03 Å². The number of urea groups is 1. The summed E-state index contributed by atoms with van der Waals surface area (Å²) >= 11 is 0. The summed E-state index contributed by atoms with van der Waals surface area (Å²) in [6.07, 6.45) is 3.63. The minimum Gasteiger partial charge on any atom is -0.493 e. The smallest absolute Gasteiger partial charge is 0.315 e. The summed E-state index contributed by atoms with van der Waals surface area (Å²) in [5, 5.41) is 5.99. The van der Waals surface area contributed by atoms with Crippen molar-refractivity contribution in [3.05, 3.63) is 59.7 Å². The highest BCUT2D eigenvalue weighted by atomic mass is 16.5. The Morgan fingerprint density at radius 1 is 0.966 bits per heavy atom. The van der Waals surface area contributed by atoms with Gasteiger partial charge in [-0.05, 0) is 49.2 Å². The maximum atomic E-state index is 12.4. The first-order valence-corrected chi connectivity index (χ1v) is 10.2. The number of carbonyl (C=O) groups is 1. The Hall–Kier alpha value is -2.73. The first-order chi connectivity index (χ1) is 14.2. The fourth-order valence-corrected chi connectivity index (χ4v) is 3.78. The molecule has 1 atom stereocenters. The fourth-order valence-electron chi connectivity index (χ4n) is 3.78. The highest BCUT2D eigenvalue weighted by Gasteiger charge is 2.24. The zero-order valence-electron chi connectivity index (χ0n) is 17.3. The van der Waals surface area contributed by atoms with E-state index < -0.39 is 0 Å². The predicted octanol–water partition coefficient (Wildman–Crippen LogP) is 3.73. The van der Waals surface area contributed by atoms with Crippen LogP contribution in [0.1, 0.15) is 36.4 Å². The molecule has 1 fully saturated rings. The molecule has 6 heteroatoms. The van der Waals surface area contributed by atoms with Gasteiger partial charge < -0.3 is 20.1 Å². The minimum atomic E-state index is -0.156. The van der Waals surface area contributed by atoms with Crippen LogP contribution in [-0.4, -0.2) is 44.8 Å². The third-order valence-electron chi connectivity index (χ3n) is 5.38. The number of hydrogen-bond acceptors (Lipinski definition) is 4. The molecular formula is C23H31N3O3. The molecule has 2 N–H and O–H groups in total. The van der Waals surface area contributed by atoms with Crippen molar-refractivity contribution in [2.45, 2.75) is 31.8 Å². The van der Waals surface area contributed by atoms with E-state index >= 15 is 0 Å². The Bertz CT molecular complexity index is 776. The van der Waals surface area contributed by atoms with E-state index in [1.54, 1.807) is 14.2 Å². The number of hydrogen-bond donors (Lipinski definition) is 2. The Labute approximate surface area is 173 Å². The van der Waals surface area contributed by atoms with Crippen LogP contribution in [0.2, 0.25) is 0 Å². The molecule has 2 aromatic rings. The second-order valence-electron chi connectivity index (χ2n) is 7.28. The fraction of sp³-hybridized carbons (Fsp3) is 0.435. The number of likely N-dealkylation sites (tertiary alicyclic amines) is 1. The molecule has 2 aromatic carbocycles. The quantitative estimate of drug-likeness (QED) is 0.712. The average Bonchev–Trinajstić information content (AvgIpc) is 2.79. The lowest BCUT2D eigenvalue weighted by molar-refractivity contribution is 0.160. The van der Waals surface area contributed by atoms with E-state index in [-0.39, 0.29) is 12.1 Å². The molecule has 1 aliphatic heterocycles. The third-order valence-corrected chi connectivity index (χ3v) is 5.38. The number of methoxy groups -OCH3 is 2. The van der Waals surface area contributed by atoms with Crippen LogP contribution in [0.15, 0.2) is 48.5 Å². The van der Waals surface area contributed by atoms with Gasteiger partial charge in [-0.3, -0.25) is 4.90 Å². The van der Waals surface area contributed by atoms with Crippen LogP contribution in [0.4, 0.5) is 4.79 Å². The lowest BCUT2D eigenvalue weighted by Gasteiger charge is -2.35. The van der Waals surface area contributed by atoms with E-state index in [2.05, 4.69) is 21.6 Å². The predicted molar refractivity (Wildman–Crippen MR) is 114 cm³/mol. The maximum Gasteiger partial charge on any atom is 0.315 e. The molecule has 6 nitrogen and oxygen atoms in total. The molecule has 1 heterocycles. The topological polar surface area (TPSA) is 62.8 Å². The summed E-state index contributed by atoms with van der Waals surface area (Å²) in [5.41, 5.74) is 2.20. The van der Waals surface area contributed by atoms with Crippen LogP contribution in [0.25, 0.3) is 0 Å². The standard InChI is InChI=1S/C23H31N3O3/c1-28-21-12-11-19(15-22(21)29-2)20(26-13-7-4-8-14-26)17-25-23(27)24-16-18-9-5-3-6-10-18/h3,5-6,9-12,15,20H,4,7-8,13-14,16-17H2,1-2H3,(H2,24,25,27). The largest absolute Gasteiger partial charge is 0.493 e. The molecule has 0 radical (unpaired) electrons. The van der Waals surface area contributed by atoms with Crippen molar-refractivity contribution in [3.63, 3.8) is 0 Å². The van der Waals surface area contributed by atoms with E-state index in [1.165, 1.54) is 19.3 Å². The minimum absolute atomic E-state index is 0.0950. The molecule has 2 amide bonds. The van der Waals surface area contributed by atoms with Gasteiger partial charge in [-0.15, -0.1) is 0 Å². The molecule has 0 aromatic heterocycles. The van der Waals surface area contributed by atoms with Crippen molar-refractivity contribution in [1.82, 2.24) is 15.5 Å². The van der Waals surface area contributed by atoms with Crippen molar-refractivity contribution in [3.8, 4) is 11.5 Å². The van der Waals surface area contributed by atoms with E-state index in [0.29, 0.717) is 24.6 Å². The van der Waals surface area contributed by atoms with Crippen LogP contribution in [0.5, 0.6) is 11.5 Å². The first kappa shape index (κ1) is 21.0. The van der Waals surface area contributed by atoms with Gasteiger partial charge in [0, 0.05) is 13.1 Å². The van der Waals surface area contributed by atoms with Gasteiger partial charge in [0.05, 0.1) is 20.3 Å². The van der Waals surface area contributed by atoms with Gasteiger partial charge in [-0.2, -0.15) is 0 Å². The number of nitrogens with one attached hydrogen (secondary N) is 2. The molecule has 1 unspecified atom stereocenters. The van der Waals surface area contributed by atoms with Crippen molar-refractivity contribution in [1.29, 1.82) is 0 Å². The number of piperidine rings is 1. The van der Waals surface area contributed by atoms with Crippen LogP contribution in [0, 0.1) is 0 Å². The zero-order chi connectivity index (χ0) is 20.5. The SMILES string of the molecule is COc1ccc(C(CNC(=O)NCc2ccccc2)N2CCCCC2)cc1OC. The lowest BCUT2D eigenvalue weighted by atomic mass is 10.0. The number of ether oxygens (including phenoxy) is 2. The average molecular weight is 398 g/mol. The van der Waals surface area contributed by atoms with Crippen molar-refractivity contribution in [2.24, 2.45) is 0 Å². The molecule has 29 heavy (non-hydrogen) atoms. The van der Waals surface area contributed by atoms with Gasteiger partial charge in [-0.25, -0.2) is 4.79 Å². The maximum absolute atomic E-state index is 12.4. The molecular weight excluding hydrogens is 366 g/mol. The summed E-state index contributed by atoms with van der Waals surface area (Å²) in [4.78, 5) is 14.8. The van der Waals surface area contributed by atoms with Gasteiger partial charge in [0.1, 0.15) is 0 Å². The monoisotopic (exact) mass is 397 g/mol. The Kier molecular flexibility index (Phi) is 7.76. The zero-order valence-corrected chi connectivity index (χ0v) is 17.3. The molecule has 1 saturated heterocycles. The van der Waals surface area contributed by atoms with E-state index in [4.69, 9.17) is 9.47 Å². The van der Waals surface area contributed by atoms with E-state index in [0.717, 1.165) is 24.2 Å². The molecule has 3 rings (SSSR count). The molecule has 0 saturated carbocycles. The molecule has 1 aliphatic rings. The summed E-state index contributed by atoms with van der Waals surface area (Å²) in [6.45, 7) is 3.12. The highest BCUT2D eigenvalue weighted by Crippen LogP contribution is 2.32. The third kappa shape index (κ3) is 5.87. The van der Waals surface area contributed by atoms with Gasteiger partial charge in [0.25, 0.3) is 0 Å². The Morgan fingerprint density at radius 3 is 2.38 bits per heavy atom. The summed E-state index contributed by atoms with van der Waals surface area (Å²) in [5.74, 6) is 1.42. The van der Waals surface area contributed by atoms with Crippen LogP contribution >= 0.6 is 0 Å². The Balaban J connectivity index is 1.66. The first-order valence-electron chi connectivity index (χ1n) is 10.2.